The Kier molecular flexibility index (Phi) is 1.70. The van der Waals surface area contributed by atoms with Crippen LogP contribution in [0.25, 0.3) is 0 Å². The molecule has 0 aliphatic carbocycles. The van der Waals surface area contributed by atoms with Crippen LogP contribution in [0, 0.1) is 0 Å². The molecule has 1 N–H and O–H groups in total. The number of nitrogens with one attached hydrogen (secondary N) is 1. The van der Waals surface area contributed by atoms with Crippen molar-refractivity contribution in [2.45, 2.75) is 6.42 Å². The van der Waals surface area contributed by atoms with E-state index in [1.165, 1.54) is 4.53 Å². The largest absolute Gasteiger partial charge is 0.277 e. The molecular formula is C4H5ClN2S. The van der Waals surface area contributed by atoms with Crippen LogP contribution in [0.3, 0.4) is 0 Å². The van der Waals surface area contributed by atoms with Crippen LogP contribution in [0.1, 0.15) is 6.42 Å². The highest BCUT2D eigenvalue weighted by atomic mass is 35.5. The van der Waals surface area contributed by atoms with E-state index in [1.807, 2.05) is 6.08 Å². The second-order valence-corrected chi connectivity index (χ2v) is 2.29. The Hall–Kier alpha value is -0.280. The molecule has 1 aliphatic rings. The van der Waals surface area contributed by atoms with E-state index in [2.05, 4.69) is 5.43 Å². The molecule has 0 saturated carbocycles. The minimum absolute atomic E-state index is 0.752. The molecule has 1 heterocycles. The molecule has 4 heteroatoms. The zero-order valence-corrected chi connectivity index (χ0v) is 5.67. The molecule has 0 aromatic heterocycles. The zero-order valence-electron chi connectivity index (χ0n) is 4.10. The number of nitrogens with zero attached hydrogens (tertiary/aromatic N) is 1. The molecule has 0 amide bonds. The van der Waals surface area contributed by atoms with Crippen molar-refractivity contribution >= 4 is 29.0 Å². The van der Waals surface area contributed by atoms with Gasteiger partial charge in [0, 0.05) is 24.4 Å². The zero-order chi connectivity index (χ0) is 5.98. The minimum atomic E-state index is 0.752. The Morgan fingerprint density at radius 1 is 1.88 bits per heavy atom. The van der Waals surface area contributed by atoms with Crippen LogP contribution in [0.5, 0.6) is 0 Å². The predicted octanol–water partition coefficient (Wildman–Crippen LogP) is 1.19. The third-order valence-corrected chi connectivity index (χ3v) is 1.23. The number of halogens is 1. The third kappa shape index (κ3) is 1.35. The highest BCUT2D eigenvalue weighted by molar-refractivity contribution is 7.80. The van der Waals surface area contributed by atoms with Gasteiger partial charge in [0.25, 0.3) is 0 Å². The molecule has 0 fully saturated rings. The molecular weight excluding hydrogens is 144 g/mol. The summed E-state index contributed by atoms with van der Waals surface area (Å²) in [5, 5.41) is 0. The molecule has 0 saturated heterocycles. The van der Waals surface area contributed by atoms with E-state index in [0.717, 1.165) is 11.4 Å². The number of thiocarbonyl (C=S) groups is 1. The van der Waals surface area contributed by atoms with Crippen molar-refractivity contribution in [2.75, 3.05) is 0 Å². The lowest BCUT2D eigenvalue weighted by Crippen LogP contribution is -2.32. The first-order valence-electron chi connectivity index (χ1n) is 2.20. The lowest BCUT2D eigenvalue weighted by molar-refractivity contribution is 0.539. The first-order valence-corrected chi connectivity index (χ1v) is 2.95. The fourth-order valence-electron chi connectivity index (χ4n) is 0.454. The van der Waals surface area contributed by atoms with Crippen LogP contribution in [0.4, 0.5) is 0 Å². The van der Waals surface area contributed by atoms with Gasteiger partial charge < -0.3 is 0 Å². The Labute approximate surface area is 58.2 Å². The Morgan fingerprint density at radius 3 is 3.00 bits per heavy atom. The van der Waals surface area contributed by atoms with Crippen LogP contribution in [-0.2, 0) is 0 Å². The van der Waals surface area contributed by atoms with Gasteiger partial charge in [-0.2, -0.15) is 0 Å². The average Bonchev–Trinajstić information content (AvgIpc) is 1.64. The van der Waals surface area contributed by atoms with Gasteiger partial charge in [0.1, 0.15) is 0 Å². The van der Waals surface area contributed by atoms with E-state index in [9.17, 15) is 0 Å². The molecule has 44 valence electrons. The third-order valence-electron chi connectivity index (χ3n) is 0.771. The average molecular weight is 149 g/mol. The molecule has 0 radical (unpaired) electrons. The summed E-state index contributed by atoms with van der Waals surface area (Å²) in [6, 6.07) is 0. The van der Waals surface area contributed by atoms with Crippen LogP contribution in [0.15, 0.2) is 12.3 Å². The van der Waals surface area contributed by atoms with Crippen LogP contribution in [-0.4, -0.2) is 9.52 Å². The van der Waals surface area contributed by atoms with Crippen LogP contribution in [0.2, 0.25) is 0 Å². The minimum Gasteiger partial charge on any atom is -0.277 e. The SMILES string of the molecule is S=C1CC=CN(Cl)N1. The molecule has 2 nitrogen and oxygen atoms in total. The Bertz CT molecular complexity index is 134. The van der Waals surface area contributed by atoms with Crippen molar-refractivity contribution in [2.24, 2.45) is 0 Å². The van der Waals surface area contributed by atoms with E-state index >= 15 is 0 Å². The van der Waals surface area contributed by atoms with E-state index in [4.69, 9.17) is 24.0 Å². The molecule has 8 heavy (non-hydrogen) atoms. The molecule has 0 bridgehead atoms. The number of hydrogen-bond acceptors (Lipinski definition) is 2. The Balaban J connectivity index is 2.54. The molecule has 0 aromatic carbocycles. The van der Waals surface area contributed by atoms with Gasteiger partial charge in [-0.3, -0.25) is 5.43 Å². The predicted molar refractivity (Wildman–Crippen MR) is 37.2 cm³/mol. The van der Waals surface area contributed by atoms with E-state index in [0.29, 0.717) is 0 Å². The summed E-state index contributed by atoms with van der Waals surface area (Å²) in [6.45, 7) is 0. The summed E-state index contributed by atoms with van der Waals surface area (Å²) in [5.41, 5.74) is 2.72. The van der Waals surface area contributed by atoms with Crippen LogP contribution < -0.4 is 5.43 Å². The van der Waals surface area contributed by atoms with Crippen molar-refractivity contribution in [3.63, 3.8) is 0 Å². The second-order valence-electron chi connectivity index (χ2n) is 1.44. The number of hydrazine groups is 1. The monoisotopic (exact) mass is 148 g/mol. The summed E-state index contributed by atoms with van der Waals surface area (Å²) < 4.78 is 1.31. The fraction of sp³-hybridized carbons (Fsp3) is 0.250. The standard InChI is InChI=1S/C4H5ClN2S/c5-7-3-1-2-4(8)6-7/h1,3H,2H2,(H,6,8). The lowest BCUT2D eigenvalue weighted by atomic mass is 10.4. The molecule has 1 aliphatic heterocycles. The molecule has 1 rings (SSSR count). The summed E-state index contributed by atoms with van der Waals surface area (Å²) in [6.07, 6.45) is 4.40. The second kappa shape index (κ2) is 2.33. The van der Waals surface area contributed by atoms with Gasteiger partial charge >= 0.3 is 0 Å². The van der Waals surface area contributed by atoms with E-state index < -0.39 is 0 Å². The molecule has 0 spiro atoms. The van der Waals surface area contributed by atoms with Crippen molar-refractivity contribution in [1.82, 2.24) is 9.95 Å². The van der Waals surface area contributed by atoms with Gasteiger partial charge in [-0.25, -0.2) is 4.53 Å². The van der Waals surface area contributed by atoms with Crippen molar-refractivity contribution < 1.29 is 0 Å². The quantitative estimate of drug-likeness (QED) is 0.411. The fourth-order valence-corrected chi connectivity index (χ4v) is 0.881. The van der Waals surface area contributed by atoms with E-state index in [-0.39, 0.29) is 0 Å². The first-order chi connectivity index (χ1) is 3.79. The first kappa shape index (κ1) is 5.85. The lowest BCUT2D eigenvalue weighted by Gasteiger charge is -2.16. The van der Waals surface area contributed by atoms with Gasteiger partial charge in [-0.15, -0.1) is 0 Å². The van der Waals surface area contributed by atoms with Gasteiger partial charge in [0.05, 0.1) is 4.99 Å². The van der Waals surface area contributed by atoms with Gasteiger partial charge in [0.15, 0.2) is 0 Å². The maximum Gasteiger partial charge on any atom is 0.0993 e. The highest BCUT2D eigenvalue weighted by Gasteiger charge is 2.00. The van der Waals surface area contributed by atoms with Gasteiger partial charge in [-0.1, -0.05) is 18.3 Å². The van der Waals surface area contributed by atoms with Crippen molar-refractivity contribution in [3.8, 4) is 0 Å². The van der Waals surface area contributed by atoms with Gasteiger partial charge in [-0.05, 0) is 0 Å². The highest BCUT2D eigenvalue weighted by Crippen LogP contribution is 1.99. The summed E-state index contributed by atoms with van der Waals surface area (Å²) in [4.78, 5) is 0.752. The number of rotatable bonds is 0. The summed E-state index contributed by atoms with van der Waals surface area (Å²) in [5.74, 6) is 0. The topological polar surface area (TPSA) is 15.3 Å². The van der Waals surface area contributed by atoms with Gasteiger partial charge in [0.2, 0.25) is 0 Å². The normalized spacial score (nSPS) is 18.6. The molecule has 0 aromatic rings. The smallest absolute Gasteiger partial charge is 0.0993 e. The summed E-state index contributed by atoms with van der Waals surface area (Å²) in [7, 11) is 0. The number of hydrogen-bond donors (Lipinski definition) is 1. The van der Waals surface area contributed by atoms with E-state index in [1.54, 1.807) is 6.20 Å². The molecule has 0 atom stereocenters. The van der Waals surface area contributed by atoms with Crippen molar-refractivity contribution in [1.29, 1.82) is 0 Å². The Morgan fingerprint density at radius 2 is 2.62 bits per heavy atom. The van der Waals surface area contributed by atoms with Crippen molar-refractivity contribution in [3.05, 3.63) is 12.3 Å². The molecule has 0 unspecified atom stereocenters. The van der Waals surface area contributed by atoms with Crippen LogP contribution >= 0.6 is 24.0 Å². The maximum atomic E-state index is 5.46. The maximum absolute atomic E-state index is 5.46. The summed E-state index contributed by atoms with van der Waals surface area (Å²) >= 11 is 10.3.